The SMILES string of the molecule is CCOc1ccc(-[n+]2noc([O-])c2-c2nc(-c3ccc(OC)cc3)c(-c3ccc(OC)cc3)n2CCc2ccccc2)cc1. The molecular formula is C35H32N4O5. The first-order valence-electron chi connectivity index (χ1n) is 14.4. The first kappa shape index (κ1) is 28.5. The molecule has 0 spiro atoms. The predicted molar refractivity (Wildman–Crippen MR) is 164 cm³/mol. The molecule has 9 heteroatoms. The second-order valence-electron chi connectivity index (χ2n) is 10.0. The molecule has 0 aliphatic rings. The van der Waals surface area contributed by atoms with Crippen LogP contribution in [0.3, 0.4) is 0 Å². The van der Waals surface area contributed by atoms with E-state index in [2.05, 4.69) is 22.0 Å². The van der Waals surface area contributed by atoms with Crippen LogP contribution in [0.25, 0.3) is 39.7 Å². The van der Waals surface area contributed by atoms with Gasteiger partial charge in [0.05, 0.1) is 37.5 Å². The molecule has 0 saturated heterocycles. The van der Waals surface area contributed by atoms with E-state index in [0.717, 1.165) is 39.6 Å². The van der Waals surface area contributed by atoms with Crippen LogP contribution < -0.4 is 24.0 Å². The Balaban J connectivity index is 1.58. The fourth-order valence-corrected chi connectivity index (χ4v) is 5.19. The van der Waals surface area contributed by atoms with E-state index in [1.165, 1.54) is 4.68 Å². The summed E-state index contributed by atoms with van der Waals surface area (Å²) in [5, 5.41) is 17.5. The lowest BCUT2D eigenvalue weighted by Gasteiger charge is -2.13. The average molecular weight is 589 g/mol. The zero-order valence-corrected chi connectivity index (χ0v) is 24.8. The van der Waals surface area contributed by atoms with Crippen LogP contribution in [0.1, 0.15) is 12.5 Å². The third-order valence-electron chi connectivity index (χ3n) is 7.38. The van der Waals surface area contributed by atoms with Crippen LogP contribution in [0, 0.1) is 0 Å². The van der Waals surface area contributed by atoms with Gasteiger partial charge < -0.3 is 28.4 Å². The Morgan fingerprint density at radius 3 is 2.00 bits per heavy atom. The lowest BCUT2D eigenvalue weighted by Crippen LogP contribution is -2.35. The Morgan fingerprint density at radius 1 is 0.773 bits per heavy atom. The summed E-state index contributed by atoms with van der Waals surface area (Å²) in [4.78, 5) is 5.15. The number of imidazole rings is 1. The molecule has 0 N–H and O–H groups in total. The summed E-state index contributed by atoms with van der Waals surface area (Å²) in [6.45, 7) is 3.02. The maximum Gasteiger partial charge on any atom is 0.306 e. The van der Waals surface area contributed by atoms with Crippen molar-refractivity contribution in [2.24, 2.45) is 0 Å². The van der Waals surface area contributed by atoms with Gasteiger partial charge in [-0.3, -0.25) is 0 Å². The molecular weight excluding hydrogens is 556 g/mol. The topological polar surface area (TPSA) is 98.5 Å². The molecule has 9 nitrogen and oxygen atoms in total. The molecule has 0 radical (unpaired) electrons. The van der Waals surface area contributed by atoms with E-state index in [-0.39, 0.29) is 5.69 Å². The van der Waals surface area contributed by atoms with Gasteiger partial charge in [0.2, 0.25) is 11.5 Å². The maximum absolute atomic E-state index is 13.4. The van der Waals surface area contributed by atoms with E-state index in [1.54, 1.807) is 14.2 Å². The number of rotatable bonds is 11. The highest BCUT2D eigenvalue weighted by Gasteiger charge is 2.31. The van der Waals surface area contributed by atoms with Crippen molar-refractivity contribution in [3.05, 3.63) is 109 Å². The predicted octanol–water partition coefficient (Wildman–Crippen LogP) is 5.88. The van der Waals surface area contributed by atoms with Gasteiger partial charge in [-0.15, -0.1) is 0 Å². The Labute approximate surface area is 255 Å². The molecule has 0 atom stereocenters. The molecule has 0 aliphatic carbocycles. The minimum atomic E-state index is -0.590. The van der Waals surface area contributed by atoms with E-state index in [4.69, 9.17) is 23.7 Å². The standard InChI is InChI=1S/C35H32N4O5/c1-4-43-30-20-14-27(15-21-30)39-33(35(40)44-37-39)34-36-31(25-10-16-28(41-2)17-11-25)32(26-12-18-29(42-3)19-13-26)38(34)23-22-24-8-6-5-7-9-24/h5-21H,4,22-23H2,1-3H3. The number of methoxy groups -OCH3 is 2. The number of hydrogen-bond donors (Lipinski definition) is 0. The minimum absolute atomic E-state index is 0.219. The fraction of sp³-hybridized carbons (Fsp3) is 0.171. The van der Waals surface area contributed by atoms with Crippen LogP contribution in [0.5, 0.6) is 23.2 Å². The highest BCUT2D eigenvalue weighted by molar-refractivity contribution is 5.82. The molecule has 2 aromatic heterocycles. The van der Waals surface area contributed by atoms with Gasteiger partial charge in [0.25, 0.3) is 0 Å². The van der Waals surface area contributed by atoms with Crippen LogP contribution in [-0.2, 0) is 13.0 Å². The zero-order valence-electron chi connectivity index (χ0n) is 24.8. The summed E-state index contributed by atoms with van der Waals surface area (Å²) < 4.78 is 25.3. The van der Waals surface area contributed by atoms with E-state index in [9.17, 15) is 5.11 Å². The van der Waals surface area contributed by atoms with Gasteiger partial charge in [-0.1, -0.05) is 30.3 Å². The minimum Gasteiger partial charge on any atom is -0.539 e. The Morgan fingerprint density at radius 2 is 1.39 bits per heavy atom. The molecule has 0 amide bonds. The van der Waals surface area contributed by atoms with Gasteiger partial charge in [-0.05, 0) is 84.3 Å². The van der Waals surface area contributed by atoms with Crippen LogP contribution in [0.4, 0.5) is 0 Å². The third-order valence-corrected chi connectivity index (χ3v) is 7.38. The summed E-state index contributed by atoms with van der Waals surface area (Å²) in [6.07, 6.45) is 0.706. The highest BCUT2D eigenvalue weighted by Crippen LogP contribution is 2.38. The Hall–Kier alpha value is -5.57. The van der Waals surface area contributed by atoms with Crippen molar-refractivity contribution < 1.29 is 28.5 Å². The number of hydrogen-bond acceptors (Lipinski definition) is 7. The second kappa shape index (κ2) is 12.7. The van der Waals surface area contributed by atoms with Crippen LogP contribution in [0.15, 0.2) is 108 Å². The Kier molecular flexibility index (Phi) is 8.27. The van der Waals surface area contributed by atoms with Crippen LogP contribution >= 0.6 is 0 Å². The van der Waals surface area contributed by atoms with Crippen molar-refractivity contribution in [1.29, 1.82) is 0 Å². The zero-order chi connectivity index (χ0) is 30.5. The molecule has 0 saturated carbocycles. The normalized spacial score (nSPS) is 11.0. The molecule has 0 fully saturated rings. The highest BCUT2D eigenvalue weighted by atomic mass is 16.6. The van der Waals surface area contributed by atoms with Crippen molar-refractivity contribution in [2.45, 2.75) is 19.9 Å². The van der Waals surface area contributed by atoms with Crippen molar-refractivity contribution in [3.8, 4) is 62.9 Å². The van der Waals surface area contributed by atoms with E-state index in [1.807, 2.05) is 97.9 Å². The molecule has 222 valence electrons. The molecule has 0 unspecified atom stereocenters. The number of aromatic nitrogens is 4. The second-order valence-corrected chi connectivity index (χ2v) is 10.0. The smallest absolute Gasteiger partial charge is 0.306 e. The maximum atomic E-state index is 13.4. The lowest BCUT2D eigenvalue weighted by molar-refractivity contribution is -0.660. The number of nitrogens with zero attached hydrogens (tertiary/aromatic N) is 4. The first-order chi connectivity index (χ1) is 21.6. The number of aryl methyl sites for hydroxylation is 1. The molecule has 6 aromatic rings. The van der Waals surface area contributed by atoms with Crippen molar-refractivity contribution in [1.82, 2.24) is 14.8 Å². The molecule has 0 bridgehead atoms. The largest absolute Gasteiger partial charge is 0.539 e. The number of ether oxygens (including phenoxy) is 3. The summed E-state index contributed by atoms with van der Waals surface area (Å²) in [5.41, 5.74) is 5.36. The number of benzene rings is 4. The fourth-order valence-electron chi connectivity index (χ4n) is 5.19. The molecule has 4 aromatic carbocycles. The third kappa shape index (κ3) is 5.72. The summed E-state index contributed by atoms with van der Waals surface area (Å²) >= 11 is 0. The average Bonchev–Trinajstić information content (AvgIpc) is 3.64. The van der Waals surface area contributed by atoms with E-state index < -0.39 is 5.95 Å². The van der Waals surface area contributed by atoms with Gasteiger partial charge in [0.15, 0.2) is 5.95 Å². The van der Waals surface area contributed by atoms with Crippen molar-refractivity contribution >= 4 is 0 Å². The van der Waals surface area contributed by atoms with E-state index in [0.29, 0.717) is 36.8 Å². The molecule has 2 heterocycles. The van der Waals surface area contributed by atoms with Crippen LogP contribution in [-0.4, -0.2) is 35.6 Å². The van der Waals surface area contributed by atoms with Gasteiger partial charge in [0.1, 0.15) is 17.2 Å². The molecule has 44 heavy (non-hydrogen) atoms. The lowest BCUT2D eigenvalue weighted by atomic mass is 10.0. The van der Waals surface area contributed by atoms with Gasteiger partial charge >= 0.3 is 5.69 Å². The summed E-state index contributed by atoms with van der Waals surface area (Å²) in [7, 11) is 3.27. The molecule has 0 aliphatic heterocycles. The van der Waals surface area contributed by atoms with Crippen LogP contribution in [0.2, 0.25) is 0 Å². The van der Waals surface area contributed by atoms with Crippen molar-refractivity contribution in [3.63, 3.8) is 0 Å². The van der Waals surface area contributed by atoms with Gasteiger partial charge in [0, 0.05) is 29.8 Å². The van der Waals surface area contributed by atoms with Gasteiger partial charge in [-0.2, -0.15) is 0 Å². The monoisotopic (exact) mass is 588 g/mol. The summed E-state index contributed by atoms with van der Waals surface area (Å²) in [6, 6.07) is 33.1. The summed E-state index contributed by atoms with van der Waals surface area (Å²) in [5.74, 6) is 2.05. The van der Waals surface area contributed by atoms with Crippen molar-refractivity contribution in [2.75, 3.05) is 20.8 Å². The van der Waals surface area contributed by atoms with Gasteiger partial charge in [-0.25, -0.2) is 4.98 Å². The Bertz CT molecular complexity index is 1830. The van der Waals surface area contributed by atoms with E-state index >= 15 is 0 Å². The first-order valence-corrected chi connectivity index (χ1v) is 14.4. The quantitative estimate of drug-likeness (QED) is 0.174. The molecule has 6 rings (SSSR count).